The number of aldehydes is 2. The first-order chi connectivity index (χ1) is 19.0. The van der Waals surface area contributed by atoms with Gasteiger partial charge >= 0.3 is 6.09 Å². The summed E-state index contributed by atoms with van der Waals surface area (Å²) >= 11 is 11.8. The van der Waals surface area contributed by atoms with Crippen LogP contribution in [0.1, 0.15) is 41.5 Å². The summed E-state index contributed by atoms with van der Waals surface area (Å²) in [5.74, 6) is 1.16. The number of hydrogen-bond acceptors (Lipinski definition) is 10. The van der Waals surface area contributed by atoms with Gasteiger partial charge in [0.2, 0.25) is 0 Å². The van der Waals surface area contributed by atoms with E-state index in [-0.39, 0.29) is 22.2 Å². The van der Waals surface area contributed by atoms with Crippen LogP contribution in [0.5, 0.6) is 0 Å². The molecule has 5 aromatic rings. The van der Waals surface area contributed by atoms with Crippen molar-refractivity contribution in [3.05, 3.63) is 70.1 Å². The molecule has 0 aliphatic carbocycles. The minimum absolute atomic E-state index is 0.132. The minimum atomic E-state index is -0.649. The molecule has 0 spiro atoms. The maximum Gasteiger partial charge on any atom is 0.413 e. The van der Waals surface area contributed by atoms with Gasteiger partial charge in [-0.25, -0.2) is 14.8 Å². The molecule has 206 valence electrons. The highest BCUT2D eigenvalue weighted by atomic mass is 35.5. The second kappa shape index (κ2) is 11.6. The predicted octanol–water partition coefficient (Wildman–Crippen LogP) is 5.06. The summed E-state index contributed by atoms with van der Waals surface area (Å²) in [5.41, 5.74) is 7.37. The van der Waals surface area contributed by atoms with Crippen molar-refractivity contribution in [1.82, 2.24) is 29.2 Å². The summed E-state index contributed by atoms with van der Waals surface area (Å²) in [6.45, 7) is 5.25. The van der Waals surface area contributed by atoms with Crippen LogP contribution in [-0.4, -0.2) is 53.5 Å². The van der Waals surface area contributed by atoms with Crippen LogP contribution < -0.4 is 16.4 Å². The van der Waals surface area contributed by atoms with Gasteiger partial charge in [0.1, 0.15) is 28.2 Å². The first kappa shape index (κ1) is 28.3. The molecule has 40 heavy (non-hydrogen) atoms. The van der Waals surface area contributed by atoms with Crippen molar-refractivity contribution in [3.63, 3.8) is 0 Å². The maximum atomic E-state index is 11.8. The summed E-state index contributed by atoms with van der Waals surface area (Å²) in [6.07, 6.45) is 3.42. The molecule has 0 aliphatic heterocycles. The minimum Gasteiger partial charge on any atom is -0.444 e. The Balaban J connectivity index is 0.000000185. The van der Waals surface area contributed by atoms with Crippen LogP contribution in [0.3, 0.4) is 0 Å². The Morgan fingerprint density at radius 2 is 1.62 bits per heavy atom. The maximum absolute atomic E-state index is 11.8. The molecule has 4 heterocycles. The average Bonchev–Trinajstić information content (AvgIpc) is 3.47. The van der Waals surface area contributed by atoms with E-state index in [0.717, 1.165) is 5.69 Å². The normalized spacial score (nSPS) is 11.0. The van der Waals surface area contributed by atoms with Gasteiger partial charge in [0.05, 0.1) is 23.5 Å². The van der Waals surface area contributed by atoms with E-state index in [0.29, 0.717) is 40.4 Å². The summed E-state index contributed by atoms with van der Waals surface area (Å²) in [5, 5.41) is 14.3. The molecule has 13 nitrogen and oxygen atoms in total. The third-order valence-electron chi connectivity index (χ3n) is 4.97. The summed E-state index contributed by atoms with van der Waals surface area (Å²) < 4.78 is 7.85. The number of amides is 1. The second-order valence-electron chi connectivity index (χ2n) is 9.20. The largest absolute Gasteiger partial charge is 0.444 e. The van der Waals surface area contributed by atoms with Gasteiger partial charge in [0, 0.05) is 22.8 Å². The predicted molar refractivity (Wildman–Crippen MR) is 151 cm³/mol. The number of aromatic nitrogens is 6. The van der Waals surface area contributed by atoms with Gasteiger partial charge in [-0.1, -0.05) is 29.3 Å². The van der Waals surface area contributed by atoms with Crippen molar-refractivity contribution < 1.29 is 19.1 Å². The standard InChI is InChI=1S/C13H10ClN5O.C12H13ClN4O3/c14-9-2-1-3-10(4-9)17-12-5-11(15)19-13(18-12)8(7-20)6-16-19;1-12(2,3)20-11(19)16-9-4-8(13)15-10-7(6-18)5-14-17(9)10/h1-7H,15H2,(H,17,18);4-6H,1-3H3,(H,16,19). The Morgan fingerprint density at radius 1 is 0.975 bits per heavy atom. The van der Waals surface area contributed by atoms with Crippen molar-refractivity contribution in [2.24, 2.45) is 0 Å². The van der Waals surface area contributed by atoms with E-state index in [1.807, 2.05) is 12.1 Å². The fourth-order valence-corrected chi connectivity index (χ4v) is 3.77. The number of halogens is 2. The van der Waals surface area contributed by atoms with E-state index in [1.54, 1.807) is 39.0 Å². The highest BCUT2D eigenvalue weighted by Crippen LogP contribution is 2.22. The molecule has 0 radical (unpaired) electrons. The molecule has 1 amide bonds. The van der Waals surface area contributed by atoms with Crippen LogP contribution in [0.25, 0.3) is 11.3 Å². The Morgan fingerprint density at radius 3 is 2.25 bits per heavy atom. The van der Waals surface area contributed by atoms with Crippen molar-refractivity contribution in [1.29, 1.82) is 0 Å². The zero-order valence-corrected chi connectivity index (χ0v) is 22.9. The molecule has 0 saturated heterocycles. The van der Waals surface area contributed by atoms with Crippen molar-refractivity contribution in [2.45, 2.75) is 26.4 Å². The van der Waals surface area contributed by atoms with Crippen molar-refractivity contribution in [2.75, 3.05) is 16.4 Å². The lowest BCUT2D eigenvalue weighted by Crippen LogP contribution is -2.28. The Bertz CT molecular complexity index is 1730. The van der Waals surface area contributed by atoms with Gasteiger partial charge < -0.3 is 15.8 Å². The monoisotopic (exact) mass is 583 g/mol. The Labute approximate surface area is 237 Å². The summed E-state index contributed by atoms with van der Waals surface area (Å²) in [7, 11) is 0. The molecule has 4 aromatic heterocycles. The van der Waals surface area contributed by atoms with Crippen molar-refractivity contribution >= 4 is 76.3 Å². The van der Waals surface area contributed by atoms with Crippen LogP contribution in [0.15, 0.2) is 48.8 Å². The van der Waals surface area contributed by atoms with Gasteiger partial charge in [0.25, 0.3) is 0 Å². The second-order valence-corrected chi connectivity index (χ2v) is 10.0. The number of rotatable bonds is 5. The van der Waals surface area contributed by atoms with Gasteiger partial charge in [-0.2, -0.15) is 19.2 Å². The number of nitrogens with zero attached hydrogens (tertiary/aromatic N) is 6. The fourth-order valence-electron chi connectivity index (χ4n) is 3.39. The number of nitrogens with two attached hydrogens (primary N) is 1. The van der Waals surface area contributed by atoms with Crippen LogP contribution in [0.4, 0.5) is 27.9 Å². The molecule has 4 N–H and O–H groups in total. The van der Waals surface area contributed by atoms with E-state index < -0.39 is 11.7 Å². The number of ether oxygens (including phenoxy) is 1. The van der Waals surface area contributed by atoms with E-state index in [4.69, 9.17) is 33.7 Å². The molecular formula is C25H23Cl2N9O4. The van der Waals surface area contributed by atoms with Gasteiger partial charge in [-0.15, -0.1) is 0 Å². The fraction of sp³-hybridized carbons (Fsp3) is 0.160. The highest BCUT2D eigenvalue weighted by molar-refractivity contribution is 6.31. The molecule has 0 bridgehead atoms. The van der Waals surface area contributed by atoms with E-state index in [9.17, 15) is 14.4 Å². The highest BCUT2D eigenvalue weighted by Gasteiger charge is 2.18. The number of fused-ring (bicyclic) bond motifs is 2. The molecule has 0 atom stereocenters. The van der Waals surface area contributed by atoms with Gasteiger partial charge in [-0.3, -0.25) is 14.9 Å². The molecule has 5 rings (SSSR count). The third-order valence-corrected chi connectivity index (χ3v) is 5.40. The quantitative estimate of drug-likeness (QED) is 0.187. The Kier molecular flexibility index (Phi) is 8.16. The van der Waals surface area contributed by atoms with Gasteiger partial charge in [0.15, 0.2) is 23.9 Å². The first-order valence-corrected chi connectivity index (χ1v) is 12.3. The SMILES string of the molecule is CC(C)(C)OC(=O)Nc1cc(Cl)nc2c(C=O)cnn12.Nc1cc(Nc2cccc(Cl)c2)nc2c(C=O)cnn12. The van der Waals surface area contributed by atoms with Crippen LogP contribution in [0, 0.1) is 0 Å². The number of carbonyl (C=O) groups excluding carboxylic acids is 3. The molecule has 0 unspecified atom stereocenters. The topological polar surface area (TPSA) is 171 Å². The number of nitrogen functional groups attached to an aromatic ring is 1. The number of nitrogens with one attached hydrogen (secondary N) is 2. The number of anilines is 4. The van der Waals surface area contributed by atoms with E-state index in [2.05, 4.69) is 30.8 Å². The van der Waals surface area contributed by atoms with Crippen LogP contribution in [-0.2, 0) is 4.74 Å². The molecule has 0 saturated carbocycles. The molecule has 0 fully saturated rings. The smallest absolute Gasteiger partial charge is 0.413 e. The van der Waals surface area contributed by atoms with Gasteiger partial charge in [-0.05, 0) is 39.0 Å². The Hall–Kier alpha value is -4.75. The number of carbonyl (C=O) groups is 3. The number of hydrogen-bond donors (Lipinski definition) is 3. The third kappa shape index (κ3) is 6.62. The lowest BCUT2D eigenvalue weighted by atomic mass is 10.2. The van der Waals surface area contributed by atoms with E-state index in [1.165, 1.54) is 27.5 Å². The van der Waals surface area contributed by atoms with Crippen molar-refractivity contribution in [3.8, 4) is 0 Å². The summed E-state index contributed by atoms with van der Waals surface area (Å²) in [4.78, 5) is 41.9. The zero-order valence-electron chi connectivity index (χ0n) is 21.4. The molecule has 15 heteroatoms. The number of benzene rings is 1. The van der Waals surface area contributed by atoms with E-state index >= 15 is 0 Å². The zero-order chi connectivity index (χ0) is 29.0. The van der Waals surface area contributed by atoms with Crippen LogP contribution in [0.2, 0.25) is 10.2 Å². The molecule has 1 aromatic carbocycles. The summed E-state index contributed by atoms with van der Waals surface area (Å²) in [6, 6.07) is 10.3. The lowest BCUT2D eigenvalue weighted by Gasteiger charge is -2.19. The van der Waals surface area contributed by atoms with Crippen LogP contribution >= 0.6 is 23.2 Å². The molecular weight excluding hydrogens is 561 g/mol. The average molecular weight is 584 g/mol. The molecule has 0 aliphatic rings. The first-order valence-electron chi connectivity index (χ1n) is 11.6. The lowest BCUT2D eigenvalue weighted by molar-refractivity contribution is 0.0634.